The van der Waals surface area contributed by atoms with Gasteiger partial charge in [-0.2, -0.15) is 0 Å². The second kappa shape index (κ2) is 10.1. The summed E-state index contributed by atoms with van der Waals surface area (Å²) in [5.74, 6) is 1.24. The van der Waals surface area contributed by atoms with Gasteiger partial charge in [0.15, 0.2) is 11.0 Å². The number of aromatic nitrogens is 3. The lowest BCUT2D eigenvalue weighted by Gasteiger charge is -2.12. The minimum Gasteiger partial charge on any atom is -0.496 e. The minimum atomic E-state index is -0.179. The molecule has 0 atom stereocenters. The van der Waals surface area contributed by atoms with E-state index in [0.717, 1.165) is 11.3 Å². The standard InChI is InChI=1S/C23H18Cl2N4O2S/c1-31-20-8-3-2-7-19(20)22-27-28-23(29(22)18-11-9-15(24)10-12-18)32-14-21(30)26-17-6-4-5-16(25)13-17/h2-13H,14H2,1H3,(H,26,30). The van der Waals surface area contributed by atoms with Gasteiger partial charge in [-0.25, -0.2) is 0 Å². The van der Waals surface area contributed by atoms with Gasteiger partial charge in [-0.3, -0.25) is 9.36 Å². The quantitative estimate of drug-likeness (QED) is 0.326. The highest BCUT2D eigenvalue weighted by atomic mass is 35.5. The van der Waals surface area contributed by atoms with Gasteiger partial charge in [0, 0.05) is 21.4 Å². The smallest absolute Gasteiger partial charge is 0.234 e. The first kappa shape index (κ1) is 22.2. The van der Waals surface area contributed by atoms with Crippen molar-refractivity contribution < 1.29 is 9.53 Å². The molecule has 0 fully saturated rings. The predicted molar refractivity (Wildman–Crippen MR) is 129 cm³/mol. The molecular formula is C23H18Cl2N4O2S. The summed E-state index contributed by atoms with van der Waals surface area (Å²) in [6, 6.07) is 21.9. The van der Waals surface area contributed by atoms with Crippen LogP contribution in [0.3, 0.4) is 0 Å². The summed E-state index contributed by atoms with van der Waals surface area (Å²) in [7, 11) is 1.61. The Balaban J connectivity index is 1.64. The molecule has 0 aliphatic carbocycles. The zero-order valence-electron chi connectivity index (χ0n) is 17.0. The van der Waals surface area contributed by atoms with Crippen LogP contribution < -0.4 is 10.1 Å². The number of ether oxygens (including phenoxy) is 1. The summed E-state index contributed by atoms with van der Waals surface area (Å²) in [5, 5.41) is 13.3. The fraction of sp³-hybridized carbons (Fsp3) is 0.0870. The summed E-state index contributed by atoms with van der Waals surface area (Å²) in [6.07, 6.45) is 0. The first-order valence-corrected chi connectivity index (χ1v) is 11.3. The molecule has 0 aliphatic heterocycles. The molecule has 1 heterocycles. The Morgan fingerprint density at radius 3 is 2.53 bits per heavy atom. The van der Waals surface area contributed by atoms with Gasteiger partial charge in [-0.1, -0.05) is 53.2 Å². The van der Waals surface area contributed by atoms with Crippen molar-refractivity contribution in [3.05, 3.63) is 82.8 Å². The average molecular weight is 485 g/mol. The van der Waals surface area contributed by atoms with E-state index < -0.39 is 0 Å². The van der Waals surface area contributed by atoms with Crippen molar-refractivity contribution >= 4 is 46.6 Å². The number of halogens is 2. The number of anilines is 1. The zero-order chi connectivity index (χ0) is 22.5. The fourth-order valence-electron chi connectivity index (χ4n) is 3.08. The molecule has 0 spiro atoms. The van der Waals surface area contributed by atoms with E-state index in [4.69, 9.17) is 27.9 Å². The van der Waals surface area contributed by atoms with Gasteiger partial charge < -0.3 is 10.1 Å². The molecular weight excluding hydrogens is 467 g/mol. The van der Waals surface area contributed by atoms with E-state index in [1.165, 1.54) is 11.8 Å². The Morgan fingerprint density at radius 1 is 1.00 bits per heavy atom. The third kappa shape index (κ3) is 5.07. The van der Waals surface area contributed by atoms with Crippen molar-refractivity contribution in [2.45, 2.75) is 5.16 Å². The van der Waals surface area contributed by atoms with E-state index in [9.17, 15) is 4.79 Å². The van der Waals surface area contributed by atoms with Crippen molar-refractivity contribution in [2.24, 2.45) is 0 Å². The van der Waals surface area contributed by atoms with Crippen LogP contribution in [0.1, 0.15) is 0 Å². The summed E-state index contributed by atoms with van der Waals surface area (Å²) < 4.78 is 7.39. The van der Waals surface area contributed by atoms with Gasteiger partial charge in [-0.05, 0) is 54.6 Å². The molecule has 1 N–H and O–H groups in total. The molecule has 1 aromatic heterocycles. The Hall–Kier alpha value is -3.00. The van der Waals surface area contributed by atoms with Crippen molar-refractivity contribution in [2.75, 3.05) is 18.2 Å². The van der Waals surface area contributed by atoms with Crippen molar-refractivity contribution in [1.82, 2.24) is 14.8 Å². The number of hydrogen-bond donors (Lipinski definition) is 1. The van der Waals surface area contributed by atoms with Crippen molar-refractivity contribution in [3.8, 4) is 22.8 Å². The predicted octanol–water partition coefficient (Wildman–Crippen LogP) is 5.98. The van der Waals surface area contributed by atoms with Crippen LogP contribution in [0.15, 0.2) is 78.0 Å². The molecule has 4 rings (SSSR count). The molecule has 0 saturated heterocycles. The summed E-state index contributed by atoms with van der Waals surface area (Å²) >= 11 is 13.3. The van der Waals surface area contributed by atoms with Gasteiger partial charge in [0.05, 0.1) is 18.4 Å². The van der Waals surface area contributed by atoms with Crippen LogP contribution in [0.25, 0.3) is 17.1 Å². The van der Waals surface area contributed by atoms with Crippen LogP contribution in [0.4, 0.5) is 5.69 Å². The summed E-state index contributed by atoms with van der Waals surface area (Å²) in [5.41, 5.74) is 2.24. The number of carbonyl (C=O) groups excluding carboxylic acids is 1. The van der Waals surface area contributed by atoms with Gasteiger partial charge in [0.1, 0.15) is 5.75 Å². The lowest BCUT2D eigenvalue weighted by atomic mass is 10.2. The molecule has 3 aromatic carbocycles. The monoisotopic (exact) mass is 484 g/mol. The molecule has 32 heavy (non-hydrogen) atoms. The number of amides is 1. The van der Waals surface area contributed by atoms with E-state index in [0.29, 0.717) is 32.5 Å². The van der Waals surface area contributed by atoms with E-state index >= 15 is 0 Å². The molecule has 6 nitrogen and oxygen atoms in total. The largest absolute Gasteiger partial charge is 0.496 e. The topological polar surface area (TPSA) is 69.0 Å². The first-order valence-electron chi connectivity index (χ1n) is 9.58. The molecule has 1 amide bonds. The van der Waals surface area contributed by atoms with Crippen LogP contribution in [-0.2, 0) is 4.79 Å². The first-order chi connectivity index (χ1) is 15.5. The number of benzene rings is 3. The molecule has 0 bridgehead atoms. The maximum absolute atomic E-state index is 12.5. The van der Waals surface area contributed by atoms with E-state index in [1.54, 1.807) is 43.5 Å². The van der Waals surface area contributed by atoms with E-state index in [1.807, 2.05) is 41.0 Å². The summed E-state index contributed by atoms with van der Waals surface area (Å²) in [4.78, 5) is 12.5. The lowest BCUT2D eigenvalue weighted by Crippen LogP contribution is -2.14. The van der Waals surface area contributed by atoms with Crippen LogP contribution in [0.5, 0.6) is 5.75 Å². The normalized spacial score (nSPS) is 10.7. The van der Waals surface area contributed by atoms with Crippen LogP contribution in [0.2, 0.25) is 10.0 Å². The summed E-state index contributed by atoms with van der Waals surface area (Å²) in [6.45, 7) is 0. The second-order valence-corrected chi connectivity index (χ2v) is 8.48. The molecule has 0 radical (unpaired) electrons. The van der Waals surface area contributed by atoms with Crippen molar-refractivity contribution in [1.29, 1.82) is 0 Å². The number of thioether (sulfide) groups is 1. The fourth-order valence-corrected chi connectivity index (χ4v) is 4.15. The van der Waals surface area contributed by atoms with Crippen molar-refractivity contribution in [3.63, 3.8) is 0 Å². The lowest BCUT2D eigenvalue weighted by molar-refractivity contribution is -0.113. The number of nitrogens with zero attached hydrogens (tertiary/aromatic N) is 3. The molecule has 0 unspecified atom stereocenters. The van der Waals surface area contributed by atoms with Crippen LogP contribution in [0, 0.1) is 0 Å². The molecule has 4 aromatic rings. The van der Waals surface area contributed by atoms with Crippen LogP contribution >= 0.6 is 35.0 Å². The van der Waals surface area contributed by atoms with Gasteiger partial charge >= 0.3 is 0 Å². The Bertz CT molecular complexity index is 1240. The second-order valence-electron chi connectivity index (χ2n) is 6.67. The Morgan fingerprint density at radius 2 is 1.78 bits per heavy atom. The number of para-hydroxylation sites is 1. The highest BCUT2D eigenvalue weighted by molar-refractivity contribution is 7.99. The molecule has 162 valence electrons. The number of methoxy groups -OCH3 is 1. The number of nitrogens with one attached hydrogen (secondary N) is 1. The molecule has 9 heteroatoms. The third-order valence-electron chi connectivity index (χ3n) is 4.51. The zero-order valence-corrected chi connectivity index (χ0v) is 19.3. The van der Waals surface area contributed by atoms with Crippen LogP contribution in [-0.4, -0.2) is 33.5 Å². The average Bonchev–Trinajstić information content (AvgIpc) is 3.22. The number of hydrogen-bond acceptors (Lipinski definition) is 5. The minimum absolute atomic E-state index is 0.143. The molecule has 0 saturated carbocycles. The Kier molecular flexibility index (Phi) is 6.99. The van der Waals surface area contributed by atoms with Gasteiger partial charge in [0.25, 0.3) is 0 Å². The SMILES string of the molecule is COc1ccccc1-c1nnc(SCC(=O)Nc2cccc(Cl)c2)n1-c1ccc(Cl)cc1. The van der Waals surface area contributed by atoms with Gasteiger partial charge in [-0.15, -0.1) is 10.2 Å². The highest BCUT2D eigenvalue weighted by Gasteiger charge is 2.19. The van der Waals surface area contributed by atoms with Gasteiger partial charge in [0.2, 0.25) is 5.91 Å². The number of carbonyl (C=O) groups is 1. The number of rotatable bonds is 7. The molecule has 0 aliphatic rings. The van der Waals surface area contributed by atoms with E-state index in [-0.39, 0.29) is 11.7 Å². The highest BCUT2D eigenvalue weighted by Crippen LogP contribution is 2.33. The maximum Gasteiger partial charge on any atom is 0.234 e. The van der Waals surface area contributed by atoms with E-state index in [2.05, 4.69) is 15.5 Å². The maximum atomic E-state index is 12.5. The third-order valence-corrected chi connectivity index (χ3v) is 5.92. The Labute approximate surface area is 199 Å².